The Labute approximate surface area is 280 Å². The van der Waals surface area contributed by atoms with Gasteiger partial charge in [-0.15, -0.1) is 0 Å². The van der Waals surface area contributed by atoms with Crippen LogP contribution in [0.15, 0.2) is 0 Å². The lowest BCUT2D eigenvalue weighted by atomic mass is 9.84. The molecule has 0 amide bonds. The van der Waals surface area contributed by atoms with Gasteiger partial charge in [-0.05, 0) is 12.8 Å². The zero-order valence-electron chi connectivity index (χ0n) is 30.6. The van der Waals surface area contributed by atoms with Crippen molar-refractivity contribution in [2.45, 2.75) is 143 Å². The molecule has 0 aliphatic carbocycles. The molecule has 1 heterocycles. The fourth-order valence-corrected chi connectivity index (χ4v) is 6.61. The van der Waals surface area contributed by atoms with Gasteiger partial charge < -0.3 is 24.4 Å². The molecule has 2 atom stereocenters. The van der Waals surface area contributed by atoms with Gasteiger partial charge >= 0.3 is 0 Å². The summed E-state index contributed by atoms with van der Waals surface area (Å²) >= 11 is 0. The molecular weight excluding hydrogens is 564 g/mol. The van der Waals surface area contributed by atoms with E-state index >= 15 is 0 Å². The Morgan fingerprint density at radius 3 is 1.04 bits per heavy atom. The molecule has 7 heteroatoms. The van der Waals surface area contributed by atoms with Gasteiger partial charge in [0.05, 0.1) is 39.6 Å². The number of unbranched alkanes of at least 4 members (excludes halogenated alkanes) is 14. The predicted octanol–water partition coefficient (Wildman–Crippen LogP) is 7.71. The van der Waals surface area contributed by atoms with Crippen molar-refractivity contribution >= 4 is 0 Å². The van der Waals surface area contributed by atoms with Crippen molar-refractivity contribution in [1.29, 1.82) is 0 Å². The van der Waals surface area contributed by atoms with Crippen LogP contribution in [0.25, 0.3) is 0 Å². The van der Waals surface area contributed by atoms with Gasteiger partial charge in [0.2, 0.25) is 0 Å². The van der Waals surface area contributed by atoms with E-state index in [4.69, 9.17) is 14.2 Å². The van der Waals surface area contributed by atoms with Gasteiger partial charge in [-0.2, -0.15) is 0 Å². The number of rotatable bonds is 24. The van der Waals surface area contributed by atoms with Gasteiger partial charge in [0, 0.05) is 63.3 Å². The lowest BCUT2D eigenvalue weighted by Gasteiger charge is -2.35. The van der Waals surface area contributed by atoms with Crippen LogP contribution in [0.4, 0.5) is 0 Å². The van der Waals surface area contributed by atoms with Crippen LogP contribution >= 0.6 is 0 Å². The largest absolute Gasteiger partial charge is 0.396 e. The topological polar surface area (TPSA) is 74.6 Å². The Balaban J connectivity index is 2.52. The molecule has 1 fully saturated rings. The summed E-state index contributed by atoms with van der Waals surface area (Å²) in [5.41, 5.74) is -0.205. The van der Waals surface area contributed by atoms with Crippen molar-refractivity contribution in [1.82, 2.24) is 9.80 Å². The minimum atomic E-state index is -0.102. The van der Waals surface area contributed by atoms with E-state index in [1.807, 2.05) is 0 Å². The maximum atomic E-state index is 10.4. The van der Waals surface area contributed by atoms with E-state index in [2.05, 4.69) is 37.5 Å². The average Bonchev–Trinajstić information content (AvgIpc) is 3.04. The van der Waals surface area contributed by atoms with Crippen LogP contribution in [0.1, 0.15) is 143 Å². The van der Waals surface area contributed by atoms with E-state index in [0.717, 1.165) is 52.1 Å². The van der Waals surface area contributed by atoms with Crippen LogP contribution < -0.4 is 0 Å². The first-order valence-electron chi connectivity index (χ1n) is 19.3. The maximum absolute atomic E-state index is 10.4. The fraction of sp³-hybridized carbons (Fsp3) is 1.00. The van der Waals surface area contributed by atoms with Gasteiger partial charge in [-0.25, -0.2) is 0 Å². The first kappa shape index (κ1) is 42.7. The molecule has 0 bridgehead atoms. The van der Waals surface area contributed by atoms with Crippen LogP contribution in [-0.2, 0) is 14.2 Å². The highest BCUT2D eigenvalue weighted by Gasteiger charge is 2.27. The monoisotopic (exact) mass is 643 g/mol. The maximum Gasteiger partial charge on any atom is 0.0701 e. The molecular formula is C38H78N2O5. The van der Waals surface area contributed by atoms with E-state index in [1.54, 1.807) is 0 Å². The molecule has 270 valence electrons. The second kappa shape index (κ2) is 28.7. The summed E-state index contributed by atoms with van der Waals surface area (Å²) < 4.78 is 18.1. The molecule has 0 aromatic rings. The number of ether oxygens (including phenoxy) is 3. The van der Waals surface area contributed by atoms with E-state index in [9.17, 15) is 10.2 Å². The van der Waals surface area contributed by atoms with Crippen LogP contribution in [-0.4, -0.2) is 112 Å². The number of hydrogen-bond acceptors (Lipinski definition) is 7. The van der Waals surface area contributed by atoms with Crippen molar-refractivity contribution in [3.63, 3.8) is 0 Å². The standard InChI is InChI=1S/C38H78N2O5/c1-5-7-9-11-13-15-17-19-21-37(3,35-41)33-39-23-27-43-28-24-40(26-30-45-32-31-44-29-25-39)34-38(4,36-42)22-20-18-16-14-12-10-8-6-2/h41-42H,5-36H2,1-4H3. The summed E-state index contributed by atoms with van der Waals surface area (Å²) in [6, 6.07) is 0. The molecule has 1 aliphatic heterocycles. The number of hydrogen-bond donors (Lipinski definition) is 2. The molecule has 2 N–H and O–H groups in total. The average molecular weight is 643 g/mol. The Morgan fingerprint density at radius 1 is 0.444 bits per heavy atom. The summed E-state index contributed by atoms with van der Waals surface area (Å²) in [4.78, 5) is 4.84. The molecule has 0 spiro atoms. The summed E-state index contributed by atoms with van der Waals surface area (Å²) in [5, 5.41) is 20.7. The van der Waals surface area contributed by atoms with Crippen molar-refractivity contribution in [3.05, 3.63) is 0 Å². The number of nitrogens with zero attached hydrogens (tertiary/aromatic N) is 2. The lowest BCUT2D eigenvalue weighted by molar-refractivity contribution is 0.0172. The minimum absolute atomic E-state index is 0.102. The zero-order valence-corrected chi connectivity index (χ0v) is 30.6. The van der Waals surface area contributed by atoms with E-state index in [-0.39, 0.29) is 24.0 Å². The van der Waals surface area contributed by atoms with Crippen molar-refractivity contribution in [2.24, 2.45) is 10.8 Å². The van der Waals surface area contributed by atoms with Crippen molar-refractivity contribution in [3.8, 4) is 0 Å². The van der Waals surface area contributed by atoms with Crippen LogP contribution in [0, 0.1) is 10.8 Å². The SMILES string of the molecule is CCCCCCCCCCC(C)(CO)CN1CCOCCOCCN(CC(C)(CO)CCCCCCCCCC)CCOCC1. The van der Waals surface area contributed by atoms with E-state index in [1.165, 1.54) is 103 Å². The Hall–Kier alpha value is -0.280. The molecule has 0 saturated carbocycles. The highest BCUT2D eigenvalue weighted by molar-refractivity contribution is 4.80. The first-order chi connectivity index (χ1) is 21.9. The second-order valence-electron chi connectivity index (χ2n) is 14.8. The molecule has 1 aliphatic rings. The van der Waals surface area contributed by atoms with E-state index in [0.29, 0.717) is 39.6 Å². The smallest absolute Gasteiger partial charge is 0.0701 e. The highest BCUT2D eigenvalue weighted by Crippen LogP contribution is 2.27. The van der Waals surface area contributed by atoms with Crippen LogP contribution in [0.5, 0.6) is 0 Å². The first-order valence-corrected chi connectivity index (χ1v) is 19.3. The van der Waals surface area contributed by atoms with E-state index < -0.39 is 0 Å². The fourth-order valence-electron chi connectivity index (χ4n) is 6.61. The highest BCUT2D eigenvalue weighted by atomic mass is 16.5. The molecule has 1 rings (SSSR count). The molecule has 0 radical (unpaired) electrons. The molecule has 2 unspecified atom stereocenters. The third-order valence-electron chi connectivity index (χ3n) is 9.82. The third kappa shape index (κ3) is 23.7. The second-order valence-corrected chi connectivity index (χ2v) is 14.8. The quantitative estimate of drug-likeness (QED) is 0.105. The predicted molar refractivity (Wildman–Crippen MR) is 190 cm³/mol. The van der Waals surface area contributed by atoms with Gasteiger partial charge in [0.1, 0.15) is 0 Å². The number of aliphatic hydroxyl groups excluding tert-OH is 2. The summed E-state index contributed by atoms with van der Waals surface area (Å²) in [7, 11) is 0. The summed E-state index contributed by atoms with van der Waals surface area (Å²) in [6.45, 7) is 18.5. The number of aliphatic hydroxyl groups is 2. The van der Waals surface area contributed by atoms with Gasteiger partial charge in [0.15, 0.2) is 0 Å². The van der Waals surface area contributed by atoms with Gasteiger partial charge in [-0.1, -0.05) is 130 Å². The zero-order chi connectivity index (χ0) is 32.9. The molecule has 0 aromatic carbocycles. The molecule has 0 aromatic heterocycles. The lowest BCUT2D eigenvalue weighted by Crippen LogP contribution is -2.42. The summed E-state index contributed by atoms with van der Waals surface area (Å²) in [6.07, 6.45) is 23.1. The van der Waals surface area contributed by atoms with Crippen molar-refractivity contribution < 1.29 is 24.4 Å². The minimum Gasteiger partial charge on any atom is -0.396 e. The Morgan fingerprint density at radius 2 is 0.733 bits per heavy atom. The third-order valence-corrected chi connectivity index (χ3v) is 9.82. The Bertz CT molecular complexity index is 589. The normalized spacial score (nSPS) is 19.9. The Kier molecular flexibility index (Phi) is 27.3. The molecule has 45 heavy (non-hydrogen) atoms. The van der Waals surface area contributed by atoms with Crippen LogP contribution in [0.3, 0.4) is 0 Å². The molecule has 7 nitrogen and oxygen atoms in total. The van der Waals surface area contributed by atoms with Crippen LogP contribution in [0.2, 0.25) is 0 Å². The summed E-state index contributed by atoms with van der Waals surface area (Å²) in [5.74, 6) is 0. The molecule has 1 saturated heterocycles. The van der Waals surface area contributed by atoms with Gasteiger partial charge in [0.25, 0.3) is 0 Å². The van der Waals surface area contributed by atoms with Crippen molar-refractivity contribution in [2.75, 3.05) is 92.1 Å². The van der Waals surface area contributed by atoms with Gasteiger partial charge in [-0.3, -0.25) is 9.80 Å².